The Kier molecular flexibility index (Phi) is 3.02. The smallest absolute Gasteiger partial charge is 0.183 e. The maximum atomic E-state index is 4.68. The Morgan fingerprint density at radius 2 is 2.22 bits per heavy atom. The molecule has 0 saturated heterocycles. The van der Waals surface area contributed by atoms with Gasteiger partial charge in [0.2, 0.25) is 0 Å². The zero-order valence-corrected chi connectivity index (χ0v) is 11.9. The zero-order valence-electron chi connectivity index (χ0n) is 11.1. The third kappa shape index (κ3) is 2.12. The molecule has 3 heteroatoms. The summed E-state index contributed by atoms with van der Waals surface area (Å²) in [6, 6.07) is 6.49. The molecule has 1 heterocycles. The minimum absolute atomic E-state index is 0.549. The van der Waals surface area contributed by atoms with Crippen molar-refractivity contribution in [1.82, 2.24) is 4.98 Å². The highest BCUT2D eigenvalue weighted by atomic mass is 32.1. The number of benzene rings is 1. The Labute approximate surface area is 112 Å². The summed E-state index contributed by atoms with van der Waals surface area (Å²) in [5, 5.41) is 4.63. The fourth-order valence-electron chi connectivity index (χ4n) is 2.71. The average molecular weight is 260 g/mol. The van der Waals surface area contributed by atoms with E-state index in [2.05, 4.69) is 42.3 Å². The van der Waals surface area contributed by atoms with E-state index in [1.54, 1.807) is 11.3 Å². The van der Waals surface area contributed by atoms with E-state index >= 15 is 0 Å². The van der Waals surface area contributed by atoms with Gasteiger partial charge >= 0.3 is 0 Å². The molecule has 0 bridgehead atoms. The first-order valence-electron chi connectivity index (χ1n) is 6.82. The van der Waals surface area contributed by atoms with Crippen molar-refractivity contribution in [1.29, 1.82) is 0 Å². The number of hydrogen-bond acceptors (Lipinski definition) is 3. The van der Waals surface area contributed by atoms with Crippen molar-refractivity contribution in [2.45, 2.75) is 39.5 Å². The second-order valence-corrected chi connectivity index (χ2v) is 6.58. The second-order valence-electron chi connectivity index (χ2n) is 5.55. The molecule has 0 atom stereocenters. The van der Waals surface area contributed by atoms with Crippen molar-refractivity contribution in [3.05, 3.63) is 23.8 Å². The maximum absolute atomic E-state index is 4.68. The number of aromatic nitrogens is 1. The van der Waals surface area contributed by atoms with E-state index in [0.717, 1.165) is 17.2 Å². The Morgan fingerprint density at radius 3 is 2.89 bits per heavy atom. The van der Waals surface area contributed by atoms with Gasteiger partial charge in [-0.05, 0) is 49.3 Å². The molecule has 1 aliphatic carbocycles. The van der Waals surface area contributed by atoms with Gasteiger partial charge in [-0.2, -0.15) is 0 Å². The lowest BCUT2D eigenvalue weighted by Gasteiger charge is -2.41. The third-order valence-electron chi connectivity index (χ3n) is 4.32. The number of thiazole rings is 1. The van der Waals surface area contributed by atoms with Crippen molar-refractivity contribution in [2.75, 3.05) is 11.9 Å². The topological polar surface area (TPSA) is 24.9 Å². The lowest BCUT2D eigenvalue weighted by Crippen LogP contribution is -2.35. The van der Waals surface area contributed by atoms with Crippen molar-refractivity contribution in [3.63, 3.8) is 0 Å². The van der Waals surface area contributed by atoms with Gasteiger partial charge in [0.15, 0.2) is 5.13 Å². The number of nitrogens with one attached hydrogen (secondary N) is 1. The van der Waals surface area contributed by atoms with Crippen LogP contribution in [0, 0.1) is 12.3 Å². The molecule has 1 N–H and O–H groups in total. The highest BCUT2D eigenvalue weighted by Crippen LogP contribution is 2.44. The Morgan fingerprint density at radius 1 is 1.39 bits per heavy atom. The lowest BCUT2D eigenvalue weighted by atomic mass is 9.67. The van der Waals surface area contributed by atoms with Gasteiger partial charge < -0.3 is 5.32 Å². The fraction of sp³-hybridized carbons (Fsp3) is 0.533. The molecule has 0 spiro atoms. The van der Waals surface area contributed by atoms with E-state index in [0.29, 0.717) is 5.41 Å². The van der Waals surface area contributed by atoms with Crippen LogP contribution in [0.2, 0.25) is 0 Å². The van der Waals surface area contributed by atoms with Crippen LogP contribution in [0.5, 0.6) is 0 Å². The van der Waals surface area contributed by atoms with Crippen LogP contribution in [-0.4, -0.2) is 11.5 Å². The van der Waals surface area contributed by atoms with Gasteiger partial charge in [-0.25, -0.2) is 4.98 Å². The van der Waals surface area contributed by atoms with Gasteiger partial charge in [-0.1, -0.05) is 30.7 Å². The standard InChI is InChI=1S/C15H20N2S/c1-3-15(7-4-8-15)10-16-14-17-12-9-11(2)5-6-13(12)18-14/h5-6,9H,3-4,7-8,10H2,1-2H3,(H,16,17). The van der Waals surface area contributed by atoms with Gasteiger partial charge in [0.25, 0.3) is 0 Å². The van der Waals surface area contributed by atoms with Crippen LogP contribution in [0.1, 0.15) is 38.2 Å². The molecule has 1 saturated carbocycles. The molecule has 96 valence electrons. The summed E-state index contributed by atoms with van der Waals surface area (Å²) in [4.78, 5) is 4.68. The largest absolute Gasteiger partial charge is 0.361 e. The predicted molar refractivity (Wildman–Crippen MR) is 79.4 cm³/mol. The van der Waals surface area contributed by atoms with Crippen molar-refractivity contribution < 1.29 is 0 Å². The first kappa shape index (κ1) is 12.0. The van der Waals surface area contributed by atoms with Crippen LogP contribution in [0.25, 0.3) is 10.2 Å². The highest BCUT2D eigenvalue weighted by Gasteiger charge is 2.34. The van der Waals surface area contributed by atoms with E-state index < -0.39 is 0 Å². The minimum Gasteiger partial charge on any atom is -0.361 e. The van der Waals surface area contributed by atoms with Gasteiger partial charge in [0, 0.05) is 6.54 Å². The Bertz CT molecular complexity index is 549. The molecule has 0 radical (unpaired) electrons. The minimum atomic E-state index is 0.549. The SMILES string of the molecule is CCC1(CNc2nc3cc(C)ccc3s2)CCC1. The van der Waals surface area contributed by atoms with E-state index in [-0.39, 0.29) is 0 Å². The average Bonchev–Trinajstić information content (AvgIpc) is 2.70. The quantitative estimate of drug-likeness (QED) is 0.869. The monoisotopic (exact) mass is 260 g/mol. The zero-order chi connectivity index (χ0) is 12.6. The summed E-state index contributed by atoms with van der Waals surface area (Å²) >= 11 is 1.77. The molecular formula is C15H20N2S. The van der Waals surface area contributed by atoms with E-state index in [4.69, 9.17) is 0 Å². The van der Waals surface area contributed by atoms with Crippen LogP contribution in [0.4, 0.5) is 5.13 Å². The molecule has 0 aliphatic heterocycles. The summed E-state index contributed by atoms with van der Waals surface area (Å²) < 4.78 is 1.28. The number of anilines is 1. The highest BCUT2D eigenvalue weighted by molar-refractivity contribution is 7.22. The molecule has 0 amide bonds. The van der Waals surface area contributed by atoms with Crippen LogP contribution >= 0.6 is 11.3 Å². The summed E-state index contributed by atoms with van der Waals surface area (Å²) in [5.74, 6) is 0. The molecule has 1 fully saturated rings. The van der Waals surface area contributed by atoms with Gasteiger partial charge in [0.1, 0.15) is 0 Å². The first-order chi connectivity index (χ1) is 8.71. The predicted octanol–water partition coefficient (Wildman–Crippen LogP) is 4.60. The summed E-state index contributed by atoms with van der Waals surface area (Å²) in [6.07, 6.45) is 5.43. The van der Waals surface area contributed by atoms with E-state index in [9.17, 15) is 0 Å². The number of aryl methyl sites for hydroxylation is 1. The van der Waals surface area contributed by atoms with Crippen LogP contribution in [-0.2, 0) is 0 Å². The molecule has 0 unspecified atom stereocenters. The van der Waals surface area contributed by atoms with Crippen LogP contribution < -0.4 is 5.32 Å². The molecule has 3 rings (SSSR count). The summed E-state index contributed by atoms with van der Waals surface area (Å²) in [7, 11) is 0. The Hall–Kier alpha value is -1.09. The van der Waals surface area contributed by atoms with Crippen molar-refractivity contribution in [2.24, 2.45) is 5.41 Å². The normalized spacial score (nSPS) is 17.7. The van der Waals surface area contributed by atoms with Crippen molar-refractivity contribution >= 4 is 26.7 Å². The lowest BCUT2D eigenvalue weighted by molar-refractivity contribution is 0.145. The van der Waals surface area contributed by atoms with Crippen LogP contribution in [0.3, 0.4) is 0 Å². The van der Waals surface area contributed by atoms with Gasteiger partial charge in [0.05, 0.1) is 10.2 Å². The number of nitrogens with zero attached hydrogens (tertiary/aromatic N) is 1. The number of fused-ring (bicyclic) bond motifs is 1. The fourth-order valence-corrected chi connectivity index (χ4v) is 3.55. The molecule has 2 aromatic rings. The maximum Gasteiger partial charge on any atom is 0.183 e. The second kappa shape index (κ2) is 4.54. The molecule has 18 heavy (non-hydrogen) atoms. The summed E-state index contributed by atoms with van der Waals surface area (Å²) in [6.45, 7) is 5.51. The van der Waals surface area contributed by atoms with E-state index in [1.807, 2.05) is 0 Å². The number of hydrogen-bond donors (Lipinski definition) is 1. The van der Waals surface area contributed by atoms with Crippen molar-refractivity contribution in [3.8, 4) is 0 Å². The van der Waals surface area contributed by atoms with Gasteiger partial charge in [-0.15, -0.1) is 0 Å². The molecule has 1 aromatic heterocycles. The van der Waals surface area contributed by atoms with Crippen LogP contribution in [0.15, 0.2) is 18.2 Å². The van der Waals surface area contributed by atoms with E-state index in [1.165, 1.54) is 35.9 Å². The van der Waals surface area contributed by atoms with Gasteiger partial charge in [-0.3, -0.25) is 0 Å². The summed E-state index contributed by atoms with van der Waals surface area (Å²) in [5.41, 5.74) is 2.96. The first-order valence-corrected chi connectivity index (χ1v) is 7.63. The third-order valence-corrected chi connectivity index (χ3v) is 5.32. The molecule has 1 aromatic carbocycles. The Balaban J connectivity index is 1.74. The number of rotatable bonds is 4. The molecule has 2 nitrogen and oxygen atoms in total. The molecular weight excluding hydrogens is 240 g/mol. The molecule has 1 aliphatic rings.